The Kier molecular flexibility index (Phi) is 5.53. The minimum atomic E-state index is 0.545. The highest BCUT2D eigenvalue weighted by atomic mass is 15.2. The van der Waals surface area contributed by atoms with E-state index in [1.54, 1.807) is 0 Å². The van der Waals surface area contributed by atoms with Gasteiger partial charge >= 0.3 is 0 Å². The molecule has 0 atom stereocenters. The molecular weight excluding hydrogens is 210 g/mol. The van der Waals surface area contributed by atoms with Gasteiger partial charge in [0.05, 0.1) is 0 Å². The summed E-state index contributed by atoms with van der Waals surface area (Å²) < 4.78 is 0. The van der Waals surface area contributed by atoms with Gasteiger partial charge in [0.15, 0.2) is 5.96 Å². The van der Waals surface area contributed by atoms with Crippen LogP contribution in [0.2, 0.25) is 0 Å². The van der Waals surface area contributed by atoms with Gasteiger partial charge in [-0.05, 0) is 18.4 Å². The zero-order valence-electron chi connectivity index (χ0n) is 11.1. The van der Waals surface area contributed by atoms with Crippen LogP contribution >= 0.6 is 0 Å². The third-order valence-electron chi connectivity index (χ3n) is 2.54. The molecule has 3 heteroatoms. The molecule has 0 aliphatic heterocycles. The summed E-state index contributed by atoms with van der Waals surface area (Å²) in [5, 5.41) is 0. The molecule has 1 aromatic rings. The van der Waals surface area contributed by atoms with Crippen molar-refractivity contribution in [3.05, 3.63) is 35.9 Å². The van der Waals surface area contributed by atoms with Crippen LogP contribution in [0.4, 0.5) is 0 Å². The quantitative estimate of drug-likeness (QED) is 0.627. The van der Waals surface area contributed by atoms with E-state index in [1.807, 2.05) is 18.2 Å². The van der Waals surface area contributed by atoms with Crippen molar-refractivity contribution in [1.82, 2.24) is 4.90 Å². The van der Waals surface area contributed by atoms with Gasteiger partial charge in [0.25, 0.3) is 0 Å². The molecule has 0 saturated carbocycles. The molecule has 1 rings (SSSR count). The molecule has 0 radical (unpaired) electrons. The lowest BCUT2D eigenvalue weighted by Gasteiger charge is -2.22. The number of guanidine groups is 1. The van der Waals surface area contributed by atoms with Gasteiger partial charge in [-0.2, -0.15) is 0 Å². The predicted octanol–water partition coefficient (Wildman–Crippen LogP) is 2.48. The van der Waals surface area contributed by atoms with Crippen molar-refractivity contribution in [3.8, 4) is 0 Å². The van der Waals surface area contributed by atoms with Crippen LogP contribution in [-0.2, 0) is 6.54 Å². The molecule has 0 aliphatic rings. The van der Waals surface area contributed by atoms with Crippen molar-refractivity contribution < 1.29 is 0 Å². The first-order chi connectivity index (χ1) is 8.13. The average molecular weight is 233 g/mol. The van der Waals surface area contributed by atoms with E-state index >= 15 is 0 Å². The second-order valence-corrected chi connectivity index (χ2v) is 4.59. The highest BCUT2D eigenvalue weighted by Gasteiger charge is 2.06. The van der Waals surface area contributed by atoms with E-state index in [9.17, 15) is 0 Å². The molecule has 0 heterocycles. The van der Waals surface area contributed by atoms with Gasteiger partial charge in [0.2, 0.25) is 0 Å². The Labute approximate surface area is 104 Å². The van der Waals surface area contributed by atoms with Gasteiger partial charge in [-0.15, -0.1) is 0 Å². The SMILES string of the molecule is CCN(Cc1ccccc1)C(N)=NCC(C)C. The average Bonchev–Trinajstić information content (AvgIpc) is 2.34. The van der Waals surface area contributed by atoms with Crippen LogP contribution in [0.3, 0.4) is 0 Å². The fourth-order valence-electron chi connectivity index (χ4n) is 1.53. The number of hydrogen-bond acceptors (Lipinski definition) is 1. The minimum Gasteiger partial charge on any atom is -0.370 e. The van der Waals surface area contributed by atoms with Crippen LogP contribution in [0.15, 0.2) is 35.3 Å². The summed E-state index contributed by atoms with van der Waals surface area (Å²) in [6, 6.07) is 10.3. The number of nitrogens with zero attached hydrogens (tertiary/aromatic N) is 2. The highest BCUT2D eigenvalue weighted by molar-refractivity contribution is 5.78. The number of aliphatic imine (C=N–C) groups is 1. The molecule has 0 bridgehead atoms. The normalized spacial score (nSPS) is 11.9. The molecule has 0 fully saturated rings. The third-order valence-corrected chi connectivity index (χ3v) is 2.54. The first-order valence-electron chi connectivity index (χ1n) is 6.22. The monoisotopic (exact) mass is 233 g/mol. The molecule has 0 saturated heterocycles. The molecule has 1 aromatic carbocycles. The molecule has 94 valence electrons. The van der Waals surface area contributed by atoms with Gasteiger partial charge in [0.1, 0.15) is 0 Å². The van der Waals surface area contributed by atoms with Gasteiger partial charge < -0.3 is 10.6 Å². The maximum Gasteiger partial charge on any atom is 0.191 e. The van der Waals surface area contributed by atoms with Crippen molar-refractivity contribution in [3.63, 3.8) is 0 Å². The van der Waals surface area contributed by atoms with E-state index in [0.29, 0.717) is 11.9 Å². The summed E-state index contributed by atoms with van der Waals surface area (Å²) in [5.74, 6) is 1.19. The molecule has 0 unspecified atom stereocenters. The van der Waals surface area contributed by atoms with E-state index in [2.05, 4.69) is 42.8 Å². The van der Waals surface area contributed by atoms with Gasteiger partial charge in [-0.3, -0.25) is 4.99 Å². The van der Waals surface area contributed by atoms with Crippen LogP contribution in [0, 0.1) is 5.92 Å². The summed E-state index contributed by atoms with van der Waals surface area (Å²) in [5.41, 5.74) is 7.26. The molecule has 0 aliphatic carbocycles. The second-order valence-electron chi connectivity index (χ2n) is 4.59. The smallest absolute Gasteiger partial charge is 0.191 e. The minimum absolute atomic E-state index is 0.545. The van der Waals surface area contributed by atoms with Crippen LogP contribution < -0.4 is 5.73 Å². The maximum absolute atomic E-state index is 6.00. The summed E-state index contributed by atoms with van der Waals surface area (Å²) in [6.45, 7) is 8.87. The highest BCUT2D eigenvalue weighted by Crippen LogP contribution is 2.04. The number of benzene rings is 1. The van der Waals surface area contributed by atoms with Crippen molar-refractivity contribution in [1.29, 1.82) is 0 Å². The topological polar surface area (TPSA) is 41.6 Å². The fourth-order valence-corrected chi connectivity index (χ4v) is 1.53. The van der Waals surface area contributed by atoms with Crippen molar-refractivity contribution >= 4 is 5.96 Å². The van der Waals surface area contributed by atoms with Gasteiger partial charge in [-0.25, -0.2) is 0 Å². The summed E-state index contributed by atoms with van der Waals surface area (Å²) in [6.07, 6.45) is 0. The Hall–Kier alpha value is -1.51. The first-order valence-corrected chi connectivity index (χ1v) is 6.22. The zero-order valence-corrected chi connectivity index (χ0v) is 11.1. The number of rotatable bonds is 5. The number of hydrogen-bond donors (Lipinski definition) is 1. The molecule has 3 nitrogen and oxygen atoms in total. The maximum atomic E-state index is 6.00. The first kappa shape index (κ1) is 13.6. The van der Waals surface area contributed by atoms with Crippen LogP contribution in [0.1, 0.15) is 26.3 Å². The Bertz CT molecular complexity index is 344. The van der Waals surface area contributed by atoms with Crippen molar-refractivity contribution in [2.24, 2.45) is 16.6 Å². The van der Waals surface area contributed by atoms with Crippen LogP contribution in [-0.4, -0.2) is 23.9 Å². The standard InChI is InChI=1S/C14H23N3/c1-4-17(14(15)16-10-12(2)3)11-13-8-6-5-7-9-13/h5-9,12H,4,10-11H2,1-3H3,(H2,15,16). The summed E-state index contributed by atoms with van der Waals surface area (Å²) in [7, 11) is 0. The Balaban J connectivity index is 2.62. The van der Waals surface area contributed by atoms with E-state index < -0.39 is 0 Å². The Morgan fingerprint density at radius 2 is 1.94 bits per heavy atom. The van der Waals surface area contributed by atoms with E-state index in [4.69, 9.17) is 5.73 Å². The van der Waals surface area contributed by atoms with E-state index in [0.717, 1.165) is 19.6 Å². The van der Waals surface area contributed by atoms with Crippen LogP contribution in [0.5, 0.6) is 0 Å². The molecule has 0 aromatic heterocycles. The molecule has 0 spiro atoms. The van der Waals surface area contributed by atoms with E-state index in [1.165, 1.54) is 5.56 Å². The molecule has 17 heavy (non-hydrogen) atoms. The fraction of sp³-hybridized carbons (Fsp3) is 0.500. The lowest BCUT2D eigenvalue weighted by molar-refractivity contribution is 0.427. The molecule has 0 amide bonds. The van der Waals surface area contributed by atoms with Crippen molar-refractivity contribution in [2.75, 3.05) is 13.1 Å². The predicted molar refractivity (Wildman–Crippen MR) is 73.9 cm³/mol. The summed E-state index contributed by atoms with van der Waals surface area (Å²) in [4.78, 5) is 6.51. The van der Waals surface area contributed by atoms with Crippen LogP contribution in [0.25, 0.3) is 0 Å². The van der Waals surface area contributed by atoms with Gasteiger partial charge in [0, 0.05) is 19.6 Å². The Morgan fingerprint density at radius 1 is 1.29 bits per heavy atom. The van der Waals surface area contributed by atoms with Gasteiger partial charge in [-0.1, -0.05) is 44.2 Å². The molecule has 2 N–H and O–H groups in total. The number of nitrogens with two attached hydrogens (primary N) is 1. The second kappa shape index (κ2) is 6.94. The molecular formula is C14H23N3. The summed E-state index contributed by atoms with van der Waals surface area (Å²) >= 11 is 0. The lowest BCUT2D eigenvalue weighted by atomic mass is 10.2. The Morgan fingerprint density at radius 3 is 2.47 bits per heavy atom. The third kappa shape index (κ3) is 4.89. The zero-order chi connectivity index (χ0) is 12.7. The van der Waals surface area contributed by atoms with Crippen molar-refractivity contribution in [2.45, 2.75) is 27.3 Å². The van der Waals surface area contributed by atoms with E-state index in [-0.39, 0.29) is 0 Å². The lowest BCUT2D eigenvalue weighted by Crippen LogP contribution is -2.37. The largest absolute Gasteiger partial charge is 0.370 e.